The summed E-state index contributed by atoms with van der Waals surface area (Å²) >= 11 is 0. The van der Waals surface area contributed by atoms with E-state index in [1.54, 1.807) is 20.0 Å². The Morgan fingerprint density at radius 1 is 1.37 bits per heavy atom. The van der Waals surface area contributed by atoms with Crippen LogP contribution in [0.4, 0.5) is 0 Å². The second kappa shape index (κ2) is 6.29. The smallest absolute Gasteiger partial charge is 0.322 e. The first-order valence-electron chi connectivity index (χ1n) is 6.45. The van der Waals surface area contributed by atoms with Crippen molar-refractivity contribution in [1.29, 1.82) is 0 Å². The molecule has 0 unspecified atom stereocenters. The van der Waals surface area contributed by atoms with Gasteiger partial charge in [0.25, 0.3) is 0 Å². The van der Waals surface area contributed by atoms with Gasteiger partial charge in [0.2, 0.25) is 0 Å². The lowest BCUT2D eigenvalue weighted by Gasteiger charge is -2.13. The number of pyridine rings is 1. The van der Waals surface area contributed by atoms with Gasteiger partial charge in [-0.25, -0.2) is 0 Å². The summed E-state index contributed by atoms with van der Waals surface area (Å²) in [5.41, 5.74) is 2.09. The lowest BCUT2D eigenvalue weighted by atomic mass is 10.1. The predicted molar refractivity (Wildman–Crippen MR) is 74.7 cm³/mol. The SMILES string of the molecule is CCOC(=O)[C@H](C)NCc1ccnc2ccccc12. The summed E-state index contributed by atoms with van der Waals surface area (Å²) < 4.78 is 4.97. The Labute approximate surface area is 112 Å². The topological polar surface area (TPSA) is 51.2 Å². The molecule has 1 aromatic heterocycles. The normalized spacial score (nSPS) is 12.3. The van der Waals surface area contributed by atoms with Gasteiger partial charge in [-0.3, -0.25) is 9.78 Å². The van der Waals surface area contributed by atoms with E-state index in [1.165, 1.54) is 0 Å². The molecule has 4 heteroatoms. The van der Waals surface area contributed by atoms with Crippen molar-refractivity contribution in [3.63, 3.8) is 0 Å². The number of nitrogens with zero attached hydrogens (tertiary/aromatic N) is 1. The Bertz CT molecular complexity index is 564. The van der Waals surface area contributed by atoms with Gasteiger partial charge >= 0.3 is 5.97 Å². The summed E-state index contributed by atoms with van der Waals surface area (Å²) in [6.07, 6.45) is 1.79. The van der Waals surface area contributed by atoms with Crippen LogP contribution in [0.5, 0.6) is 0 Å². The number of ether oxygens (including phenoxy) is 1. The number of aromatic nitrogens is 1. The Hall–Kier alpha value is -1.94. The second-order valence-electron chi connectivity index (χ2n) is 4.34. The fraction of sp³-hybridized carbons (Fsp3) is 0.333. The molecule has 0 spiro atoms. The van der Waals surface area contributed by atoms with E-state index in [-0.39, 0.29) is 12.0 Å². The van der Waals surface area contributed by atoms with Crippen LogP contribution >= 0.6 is 0 Å². The molecule has 0 bridgehead atoms. The molecule has 0 aliphatic carbocycles. The van der Waals surface area contributed by atoms with Crippen molar-refractivity contribution in [3.8, 4) is 0 Å². The molecule has 0 amide bonds. The molecular weight excluding hydrogens is 240 g/mol. The van der Waals surface area contributed by atoms with E-state index >= 15 is 0 Å². The number of hydrogen-bond acceptors (Lipinski definition) is 4. The molecule has 0 aliphatic rings. The number of carbonyl (C=O) groups excluding carboxylic acids is 1. The highest BCUT2D eigenvalue weighted by molar-refractivity contribution is 5.82. The lowest BCUT2D eigenvalue weighted by Crippen LogP contribution is -2.34. The molecule has 0 aliphatic heterocycles. The zero-order chi connectivity index (χ0) is 13.7. The van der Waals surface area contributed by atoms with Crippen molar-refractivity contribution in [2.75, 3.05) is 6.61 Å². The third-order valence-corrected chi connectivity index (χ3v) is 2.98. The van der Waals surface area contributed by atoms with Gasteiger partial charge in [-0.05, 0) is 31.5 Å². The van der Waals surface area contributed by atoms with Gasteiger partial charge in [0.05, 0.1) is 12.1 Å². The molecule has 0 saturated heterocycles. The highest BCUT2D eigenvalue weighted by atomic mass is 16.5. The third-order valence-electron chi connectivity index (χ3n) is 2.98. The summed E-state index contributed by atoms with van der Waals surface area (Å²) in [7, 11) is 0. The number of benzene rings is 1. The zero-order valence-electron chi connectivity index (χ0n) is 11.2. The van der Waals surface area contributed by atoms with Gasteiger partial charge in [-0.15, -0.1) is 0 Å². The van der Waals surface area contributed by atoms with Crippen molar-refractivity contribution in [3.05, 3.63) is 42.1 Å². The van der Waals surface area contributed by atoms with Gasteiger partial charge in [0.1, 0.15) is 6.04 Å². The molecule has 0 radical (unpaired) electrons. The van der Waals surface area contributed by atoms with E-state index in [0.29, 0.717) is 13.2 Å². The highest BCUT2D eigenvalue weighted by Gasteiger charge is 2.13. The van der Waals surface area contributed by atoms with Crippen molar-refractivity contribution in [2.45, 2.75) is 26.4 Å². The first-order valence-corrected chi connectivity index (χ1v) is 6.45. The maximum absolute atomic E-state index is 11.5. The van der Waals surface area contributed by atoms with E-state index in [4.69, 9.17) is 4.74 Å². The average molecular weight is 258 g/mol. The van der Waals surface area contributed by atoms with Gasteiger partial charge in [-0.1, -0.05) is 18.2 Å². The van der Waals surface area contributed by atoms with E-state index in [9.17, 15) is 4.79 Å². The molecular formula is C15H18N2O2. The quantitative estimate of drug-likeness (QED) is 0.836. The number of fused-ring (bicyclic) bond motifs is 1. The Morgan fingerprint density at radius 2 is 2.16 bits per heavy atom. The number of hydrogen-bond donors (Lipinski definition) is 1. The minimum atomic E-state index is -0.313. The van der Waals surface area contributed by atoms with Crippen LogP contribution in [0.15, 0.2) is 36.5 Å². The van der Waals surface area contributed by atoms with E-state index in [1.807, 2.05) is 30.3 Å². The zero-order valence-corrected chi connectivity index (χ0v) is 11.2. The Balaban J connectivity index is 2.08. The number of esters is 1. The minimum Gasteiger partial charge on any atom is -0.465 e. The Kier molecular flexibility index (Phi) is 4.47. The fourth-order valence-electron chi connectivity index (χ4n) is 1.92. The summed E-state index contributed by atoms with van der Waals surface area (Å²) in [6.45, 7) is 4.63. The largest absolute Gasteiger partial charge is 0.465 e. The maximum atomic E-state index is 11.5. The minimum absolute atomic E-state index is 0.221. The first-order chi connectivity index (χ1) is 9.22. The van der Waals surface area contributed by atoms with Crippen LogP contribution in [0.2, 0.25) is 0 Å². The van der Waals surface area contributed by atoms with Crippen LogP contribution in [-0.2, 0) is 16.1 Å². The van der Waals surface area contributed by atoms with Gasteiger partial charge in [0, 0.05) is 18.1 Å². The van der Waals surface area contributed by atoms with Gasteiger partial charge < -0.3 is 10.1 Å². The van der Waals surface area contributed by atoms with Crippen LogP contribution < -0.4 is 5.32 Å². The Morgan fingerprint density at radius 3 is 2.95 bits per heavy atom. The van der Waals surface area contributed by atoms with Gasteiger partial charge in [-0.2, -0.15) is 0 Å². The molecule has 19 heavy (non-hydrogen) atoms. The van der Waals surface area contributed by atoms with Crippen molar-refractivity contribution in [2.24, 2.45) is 0 Å². The number of para-hydroxylation sites is 1. The standard InChI is InChI=1S/C15H18N2O2/c1-3-19-15(18)11(2)17-10-12-8-9-16-14-7-5-4-6-13(12)14/h4-9,11,17H,3,10H2,1-2H3/t11-/m0/s1. The summed E-state index contributed by atoms with van der Waals surface area (Å²) in [5.74, 6) is -0.221. The van der Waals surface area contributed by atoms with E-state index < -0.39 is 0 Å². The van der Waals surface area contributed by atoms with Gasteiger partial charge in [0.15, 0.2) is 0 Å². The molecule has 1 aromatic carbocycles. The van der Waals surface area contributed by atoms with Crippen molar-refractivity contribution < 1.29 is 9.53 Å². The predicted octanol–water partition coefficient (Wildman–Crippen LogP) is 2.28. The van der Waals surface area contributed by atoms with Crippen LogP contribution in [0, 0.1) is 0 Å². The molecule has 0 saturated carbocycles. The average Bonchev–Trinajstić information content (AvgIpc) is 2.45. The van der Waals surface area contributed by atoms with Crippen LogP contribution in [0.1, 0.15) is 19.4 Å². The van der Waals surface area contributed by atoms with Crippen molar-refractivity contribution >= 4 is 16.9 Å². The van der Waals surface area contributed by atoms with E-state index in [0.717, 1.165) is 16.5 Å². The number of rotatable bonds is 5. The van der Waals surface area contributed by atoms with Crippen LogP contribution in [0.3, 0.4) is 0 Å². The second-order valence-corrected chi connectivity index (χ2v) is 4.34. The first kappa shape index (κ1) is 13.5. The highest BCUT2D eigenvalue weighted by Crippen LogP contribution is 2.15. The molecule has 4 nitrogen and oxygen atoms in total. The van der Waals surface area contributed by atoms with Crippen LogP contribution in [-0.4, -0.2) is 23.6 Å². The molecule has 100 valence electrons. The molecule has 1 atom stereocenters. The number of nitrogens with one attached hydrogen (secondary N) is 1. The maximum Gasteiger partial charge on any atom is 0.322 e. The molecule has 0 fully saturated rings. The molecule has 2 rings (SSSR count). The molecule has 2 aromatic rings. The lowest BCUT2D eigenvalue weighted by molar-refractivity contribution is -0.145. The van der Waals surface area contributed by atoms with Crippen LogP contribution in [0.25, 0.3) is 10.9 Å². The third kappa shape index (κ3) is 3.29. The number of carbonyl (C=O) groups is 1. The van der Waals surface area contributed by atoms with E-state index in [2.05, 4.69) is 10.3 Å². The van der Waals surface area contributed by atoms with Crippen molar-refractivity contribution in [1.82, 2.24) is 10.3 Å². The molecule has 1 N–H and O–H groups in total. The summed E-state index contributed by atoms with van der Waals surface area (Å²) in [6, 6.07) is 9.62. The summed E-state index contributed by atoms with van der Waals surface area (Å²) in [5, 5.41) is 4.28. The summed E-state index contributed by atoms with van der Waals surface area (Å²) in [4.78, 5) is 15.8. The molecule has 1 heterocycles. The monoisotopic (exact) mass is 258 g/mol. The fourth-order valence-corrected chi connectivity index (χ4v) is 1.92.